The Morgan fingerprint density at radius 3 is 2.81 bits per heavy atom. The third kappa shape index (κ3) is 3.70. The summed E-state index contributed by atoms with van der Waals surface area (Å²) in [5.41, 5.74) is 3.66. The molecule has 3 aromatic rings. The van der Waals surface area contributed by atoms with Gasteiger partial charge in [0.1, 0.15) is 5.82 Å². The molecule has 1 aliphatic rings. The maximum Gasteiger partial charge on any atom is 0.122 e. The lowest BCUT2D eigenvalue weighted by atomic mass is 10.1. The van der Waals surface area contributed by atoms with Gasteiger partial charge in [-0.15, -0.1) is 0 Å². The van der Waals surface area contributed by atoms with Gasteiger partial charge in [-0.1, -0.05) is 36.4 Å². The van der Waals surface area contributed by atoms with E-state index in [2.05, 4.69) is 76.1 Å². The van der Waals surface area contributed by atoms with Crippen molar-refractivity contribution in [1.82, 2.24) is 19.4 Å². The van der Waals surface area contributed by atoms with Crippen molar-refractivity contribution in [1.29, 1.82) is 0 Å². The summed E-state index contributed by atoms with van der Waals surface area (Å²) in [7, 11) is 0. The van der Waals surface area contributed by atoms with Crippen molar-refractivity contribution < 1.29 is 0 Å². The lowest BCUT2D eigenvalue weighted by Gasteiger charge is -2.24. The van der Waals surface area contributed by atoms with E-state index < -0.39 is 0 Å². The summed E-state index contributed by atoms with van der Waals surface area (Å²) < 4.78 is 2.23. The number of pyridine rings is 1. The van der Waals surface area contributed by atoms with Crippen LogP contribution in [0, 0.1) is 0 Å². The molecule has 1 aliphatic heterocycles. The zero-order valence-electron chi connectivity index (χ0n) is 15.4. The van der Waals surface area contributed by atoms with Gasteiger partial charge in [0.2, 0.25) is 0 Å². The molecule has 4 rings (SSSR count). The Kier molecular flexibility index (Phi) is 5.12. The molecule has 4 heteroatoms. The van der Waals surface area contributed by atoms with E-state index in [1.807, 2.05) is 6.20 Å². The Labute approximate surface area is 155 Å². The molecule has 0 unspecified atom stereocenters. The summed E-state index contributed by atoms with van der Waals surface area (Å²) in [6, 6.07) is 17.5. The summed E-state index contributed by atoms with van der Waals surface area (Å²) in [6.45, 7) is 5.15. The first kappa shape index (κ1) is 17.0. The number of aromatic nitrogens is 3. The van der Waals surface area contributed by atoms with Crippen LogP contribution in [0.5, 0.6) is 0 Å². The van der Waals surface area contributed by atoms with Gasteiger partial charge in [-0.05, 0) is 44.0 Å². The average molecular weight is 346 g/mol. The Hall–Kier alpha value is -2.46. The van der Waals surface area contributed by atoms with E-state index in [0.717, 1.165) is 37.6 Å². The van der Waals surface area contributed by atoms with E-state index >= 15 is 0 Å². The molecule has 0 N–H and O–H groups in total. The Morgan fingerprint density at radius 1 is 1.08 bits per heavy atom. The zero-order chi connectivity index (χ0) is 17.8. The van der Waals surface area contributed by atoms with Crippen molar-refractivity contribution in [3.63, 3.8) is 0 Å². The molecule has 0 radical (unpaired) electrons. The quantitative estimate of drug-likeness (QED) is 0.670. The summed E-state index contributed by atoms with van der Waals surface area (Å²) in [5, 5.41) is 0. The van der Waals surface area contributed by atoms with Crippen LogP contribution in [-0.2, 0) is 19.5 Å². The molecular formula is C22H26N4. The van der Waals surface area contributed by atoms with Crippen LogP contribution in [0.3, 0.4) is 0 Å². The molecule has 1 aromatic carbocycles. The number of hydrogen-bond acceptors (Lipinski definition) is 3. The topological polar surface area (TPSA) is 34.0 Å². The minimum absolute atomic E-state index is 0.396. The highest BCUT2D eigenvalue weighted by Gasteiger charge is 2.28. The van der Waals surface area contributed by atoms with Crippen molar-refractivity contribution in [3.8, 4) is 0 Å². The van der Waals surface area contributed by atoms with Crippen molar-refractivity contribution in [3.05, 3.63) is 83.7 Å². The zero-order valence-corrected chi connectivity index (χ0v) is 15.4. The fourth-order valence-electron chi connectivity index (χ4n) is 3.90. The Morgan fingerprint density at radius 2 is 1.96 bits per heavy atom. The van der Waals surface area contributed by atoms with Crippen LogP contribution in [0.4, 0.5) is 0 Å². The molecule has 1 saturated heterocycles. The van der Waals surface area contributed by atoms with Gasteiger partial charge in [0.05, 0.1) is 18.3 Å². The van der Waals surface area contributed by atoms with Gasteiger partial charge in [0.15, 0.2) is 0 Å². The average Bonchev–Trinajstić information content (AvgIpc) is 3.32. The fraction of sp³-hybridized carbons (Fsp3) is 0.364. The number of rotatable bonds is 6. The van der Waals surface area contributed by atoms with E-state index in [4.69, 9.17) is 4.98 Å². The fourth-order valence-corrected chi connectivity index (χ4v) is 3.90. The summed E-state index contributed by atoms with van der Waals surface area (Å²) in [4.78, 5) is 12.1. The first-order valence-electron chi connectivity index (χ1n) is 9.57. The Balaban J connectivity index is 1.51. The van der Waals surface area contributed by atoms with E-state index in [9.17, 15) is 0 Å². The number of benzene rings is 1. The maximum absolute atomic E-state index is 5.00. The van der Waals surface area contributed by atoms with Crippen LogP contribution >= 0.6 is 0 Å². The SMILES string of the molecule is CCn1ccnc1CN1CCC[C@H]1c1cccc(Cc2ccccc2)n1. The molecule has 3 heterocycles. The third-order valence-electron chi connectivity index (χ3n) is 5.25. The minimum Gasteiger partial charge on any atom is -0.334 e. The van der Waals surface area contributed by atoms with Crippen LogP contribution in [0.1, 0.15) is 48.6 Å². The molecule has 0 aliphatic carbocycles. The number of hydrogen-bond donors (Lipinski definition) is 0. The molecule has 26 heavy (non-hydrogen) atoms. The third-order valence-corrected chi connectivity index (χ3v) is 5.25. The highest BCUT2D eigenvalue weighted by atomic mass is 15.2. The van der Waals surface area contributed by atoms with Crippen molar-refractivity contribution in [2.75, 3.05) is 6.54 Å². The van der Waals surface area contributed by atoms with Gasteiger partial charge in [-0.3, -0.25) is 9.88 Å². The van der Waals surface area contributed by atoms with E-state index in [1.54, 1.807) is 0 Å². The second-order valence-electron chi connectivity index (χ2n) is 6.97. The first-order chi connectivity index (χ1) is 12.8. The van der Waals surface area contributed by atoms with Crippen LogP contribution in [0.2, 0.25) is 0 Å². The van der Waals surface area contributed by atoms with E-state index in [1.165, 1.54) is 24.1 Å². The second-order valence-corrected chi connectivity index (χ2v) is 6.97. The minimum atomic E-state index is 0.396. The summed E-state index contributed by atoms with van der Waals surface area (Å²) in [5.74, 6) is 1.15. The molecular weight excluding hydrogens is 320 g/mol. The highest BCUT2D eigenvalue weighted by molar-refractivity contribution is 5.24. The predicted molar refractivity (Wildman–Crippen MR) is 104 cm³/mol. The number of nitrogens with zero attached hydrogens (tertiary/aromatic N) is 4. The second kappa shape index (κ2) is 7.83. The molecule has 0 spiro atoms. The lowest BCUT2D eigenvalue weighted by Crippen LogP contribution is -2.25. The number of aryl methyl sites for hydroxylation is 1. The van der Waals surface area contributed by atoms with Crippen LogP contribution in [-0.4, -0.2) is 26.0 Å². The molecule has 4 nitrogen and oxygen atoms in total. The van der Waals surface area contributed by atoms with E-state index in [-0.39, 0.29) is 0 Å². The van der Waals surface area contributed by atoms with Gasteiger partial charge in [-0.2, -0.15) is 0 Å². The number of likely N-dealkylation sites (tertiary alicyclic amines) is 1. The summed E-state index contributed by atoms with van der Waals surface area (Å²) in [6.07, 6.45) is 7.26. The smallest absolute Gasteiger partial charge is 0.122 e. The molecule has 0 amide bonds. The monoisotopic (exact) mass is 346 g/mol. The largest absolute Gasteiger partial charge is 0.334 e. The molecule has 1 atom stereocenters. The van der Waals surface area contributed by atoms with Crippen LogP contribution < -0.4 is 0 Å². The van der Waals surface area contributed by atoms with Crippen LogP contribution in [0.25, 0.3) is 0 Å². The molecule has 134 valence electrons. The molecule has 0 saturated carbocycles. The normalized spacial score (nSPS) is 17.7. The van der Waals surface area contributed by atoms with Crippen LogP contribution in [0.15, 0.2) is 60.9 Å². The van der Waals surface area contributed by atoms with Gasteiger partial charge in [0.25, 0.3) is 0 Å². The first-order valence-corrected chi connectivity index (χ1v) is 9.57. The maximum atomic E-state index is 5.00. The van der Waals surface area contributed by atoms with Gasteiger partial charge in [0, 0.05) is 31.1 Å². The predicted octanol–water partition coefficient (Wildman–Crippen LogP) is 4.23. The van der Waals surface area contributed by atoms with Crippen molar-refractivity contribution >= 4 is 0 Å². The number of imidazole rings is 1. The highest BCUT2D eigenvalue weighted by Crippen LogP contribution is 2.32. The lowest BCUT2D eigenvalue weighted by molar-refractivity contribution is 0.235. The van der Waals surface area contributed by atoms with Crippen molar-refractivity contribution in [2.45, 2.75) is 45.3 Å². The van der Waals surface area contributed by atoms with Gasteiger partial charge in [-0.25, -0.2) is 4.98 Å². The van der Waals surface area contributed by atoms with E-state index in [0.29, 0.717) is 6.04 Å². The Bertz CT molecular complexity index is 840. The van der Waals surface area contributed by atoms with Gasteiger partial charge >= 0.3 is 0 Å². The van der Waals surface area contributed by atoms with Crippen molar-refractivity contribution in [2.24, 2.45) is 0 Å². The molecule has 2 aromatic heterocycles. The molecule has 0 bridgehead atoms. The van der Waals surface area contributed by atoms with Gasteiger partial charge < -0.3 is 4.57 Å². The molecule has 1 fully saturated rings. The standard InChI is InChI=1S/C22H26N4/c1-2-25-15-13-23-22(25)17-26-14-7-12-21(26)20-11-6-10-19(24-20)16-18-8-4-3-5-9-18/h3-6,8-11,13,15,21H,2,7,12,14,16-17H2,1H3/t21-/m0/s1. The summed E-state index contributed by atoms with van der Waals surface area (Å²) >= 11 is 0.